The molecule has 4 rings (SSSR count). The van der Waals surface area contributed by atoms with Crippen LogP contribution in [0.2, 0.25) is 0 Å². The SMILES string of the molecule is CCC(=O)c1cc(-c2nccc3c(Nc4cccc(C(F)(F)F)c4)c(N)oc23)ccn1. The maximum Gasteiger partial charge on any atom is 0.416 e. The van der Waals surface area contributed by atoms with E-state index in [9.17, 15) is 18.0 Å². The topological polar surface area (TPSA) is 94.0 Å². The Morgan fingerprint density at radius 3 is 2.65 bits per heavy atom. The summed E-state index contributed by atoms with van der Waals surface area (Å²) in [5.74, 6) is -0.111. The minimum absolute atomic E-state index is 0.000533. The van der Waals surface area contributed by atoms with Gasteiger partial charge in [0.2, 0.25) is 5.88 Å². The molecule has 0 radical (unpaired) electrons. The number of Topliss-reactive ketones (excluding diaryl/α,β-unsaturated/α-hetero) is 1. The molecule has 0 saturated carbocycles. The van der Waals surface area contributed by atoms with Crippen molar-refractivity contribution >= 4 is 34.0 Å². The van der Waals surface area contributed by atoms with E-state index >= 15 is 0 Å². The van der Waals surface area contributed by atoms with Gasteiger partial charge in [0, 0.05) is 30.1 Å². The minimum atomic E-state index is -4.46. The number of halogens is 3. The lowest BCUT2D eigenvalue weighted by atomic mass is 10.1. The highest BCUT2D eigenvalue weighted by molar-refractivity contribution is 6.04. The number of carbonyl (C=O) groups excluding carboxylic acids is 1. The van der Waals surface area contributed by atoms with E-state index in [-0.39, 0.29) is 17.4 Å². The summed E-state index contributed by atoms with van der Waals surface area (Å²) in [6.45, 7) is 1.74. The van der Waals surface area contributed by atoms with Gasteiger partial charge in [0.15, 0.2) is 11.4 Å². The van der Waals surface area contributed by atoms with Crippen LogP contribution in [0.3, 0.4) is 0 Å². The Labute approximate surface area is 174 Å². The van der Waals surface area contributed by atoms with Gasteiger partial charge in [-0.15, -0.1) is 0 Å². The molecule has 158 valence electrons. The first-order chi connectivity index (χ1) is 14.8. The van der Waals surface area contributed by atoms with Gasteiger partial charge >= 0.3 is 6.18 Å². The van der Waals surface area contributed by atoms with Gasteiger partial charge in [-0.25, -0.2) is 0 Å². The summed E-state index contributed by atoms with van der Waals surface area (Å²) in [5, 5.41) is 3.45. The number of ketones is 1. The van der Waals surface area contributed by atoms with Crippen molar-refractivity contribution in [1.29, 1.82) is 0 Å². The van der Waals surface area contributed by atoms with Crippen molar-refractivity contribution in [3.8, 4) is 11.3 Å². The van der Waals surface area contributed by atoms with Crippen molar-refractivity contribution in [2.24, 2.45) is 0 Å². The minimum Gasteiger partial charge on any atom is -0.436 e. The van der Waals surface area contributed by atoms with Gasteiger partial charge in [0.25, 0.3) is 0 Å². The number of furan rings is 1. The zero-order chi connectivity index (χ0) is 22.2. The van der Waals surface area contributed by atoms with Gasteiger partial charge < -0.3 is 15.5 Å². The summed E-state index contributed by atoms with van der Waals surface area (Å²) in [7, 11) is 0. The Balaban J connectivity index is 1.78. The van der Waals surface area contributed by atoms with E-state index in [0.717, 1.165) is 12.1 Å². The smallest absolute Gasteiger partial charge is 0.416 e. The Morgan fingerprint density at radius 2 is 1.90 bits per heavy atom. The predicted octanol–water partition coefficient (Wildman–Crippen LogP) is 5.83. The Morgan fingerprint density at radius 1 is 1.13 bits per heavy atom. The predicted molar refractivity (Wildman–Crippen MR) is 111 cm³/mol. The maximum absolute atomic E-state index is 13.0. The van der Waals surface area contributed by atoms with Crippen LogP contribution in [0.4, 0.5) is 30.4 Å². The third-order valence-electron chi connectivity index (χ3n) is 4.73. The fourth-order valence-corrected chi connectivity index (χ4v) is 3.21. The Kier molecular flexibility index (Phi) is 5.10. The number of nitrogens with zero attached hydrogens (tertiary/aromatic N) is 2. The molecule has 0 aliphatic rings. The normalized spacial score (nSPS) is 11.6. The third kappa shape index (κ3) is 3.94. The third-order valence-corrected chi connectivity index (χ3v) is 4.73. The molecule has 3 N–H and O–H groups in total. The van der Waals surface area contributed by atoms with Crippen LogP contribution < -0.4 is 11.1 Å². The number of nitrogens with two attached hydrogens (primary N) is 1. The summed E-state index contributed by atoms with van der Waals surface area (Å²) in [6.07, 6.45) is -1.11. The van der Waals surface area contributed by atoms with Crippen molar-refractivity contribution in [1.82, 2.24) is 9.97 Å². The van der Waals surface area contributed by atoms with E-state index in [1.807, 2.05) is 0 Å². The van der Waals surface area contributed by atoms with E-state index in [4.69, 9.17) is 10.2 Å². The molecule has 6 nitrogen and oxygen atoms in total. The van der Waals surface area contributed by atoms with Crippen molar-refractivity contribution in [3.05, 3.63) is 66.1 Å². The van der Waals surface area contributed by atoms with E-state index in [1.165, 1.54) is 24.5 Å². The molecule has 0 bridgehead atoms. The lowest BCUT2D eigenvalue weighted by molar-refractivity contribution is -0.137. The van der Waals surface area contributed by atoms with Gasteiger partial charge in [-0.1, -0.05) is 13.0 Å². The quantitative estimate of drug-likeness (QED) is 0.390. The molecular formula is C22H17F3N4O2. The number of pyridine rings is 2. The Bertz CT molecular complexity index is 1280. The molecule has 4 aromatic rings. The number of carbonyl (C=O) groups is 1. The molecule has 3 aromatic heterocycles. The standard InChI is InChI=1S/C22H17F3N4O2/c1-2-17(30)16-10-12(6-8-27-16)18-20-15(7-9-28-18)19(21(26)31-20)29-14-5-3-4-13(11-14)22(23,24)25/h3-11,29H,2,26H2,1H3. The van der Waals surface area contributed by atoms with Crippen molar-refractivity contribution in [2.45, 2.75) is 19.5 Å². The first-order valence-electron chi connectivity index (χ1n) is 9.39. The number of nitrogen functional groups attached to an aromatic ring is 1. The van der Waals surface area contributed by atoms with E-state index in [2.05, 4.69) is 15.3 Å². The Hall–Kier alpha value is -3.88. The molecule has 0 amide bonds. The highest BCUT2D eigenvalue weighted by Crippen LogP contribution is 2.40. The van der Waals surface area contributed by atoms with Crippen LogP contribution in [0.1, 0.15) is 29.4 Å². The average Bonchev–Trinajstić information content (AvgIpc) is 3.08. The number of hydrogen-bond acceptors (Lipinski definition) is 6. The van der Waals surface area contributed by atoms with E-state index < -0.39 is 11.7 Å². The van der Waals surface area contributed by atoms with Crippen LogP contribution >= 0.6 is 0 Å². The van der Waals surface area contributed by atoms with Gasteiger partial charge in [0.05, 0.1) is 10.9 Å². The second-order valence-electron chi connectivity index (χ2n) is 6.79. The van der Waals surface area contributed by atoms with Gasteiger partial charge in [-0.3, -0.25) is 14.8 Å². The van der Waals surface area contributed by atoms with Gasteiger partial charge in [0.1, 0.15) is 17.1 Å². The van der Waals surface area contributed by atoms with Crippen LogP contribution in [-0.2, 0) is 6.18 Å². The number of aromatic nitrogens is 2. The fraction of sp³-hybridized carbons (Fsp3) is 0.136. The zero-order valence-electron chi connectivity index (χ0n) is 16.3. The fourth-order valence-electron chi connectivity index (χ4n) is 3.21. The van der Waals surface area contributed by atoms with Crippen molar-refractivity contribution < 1.29 is 22.4 Å². The summed E-state index contributed by atoms with van der Waals surface area (Å²) in [6, 6.07) is 9.74. The van der Waals surface area contributed by atoms with Gasteiger partial charge in [-0.05, 0) is 36.4 Å². The number of hydrogen-bond donors (Lipinski definition) is 2. The van der Waals surface area contributed by atoms with Crippen LogP contribution in [-0.4, -0.2) is 15.8 Å². The summed E-state index contributed by atoms with van der Waals surface area (Å²) in [5.41, 5.74) is 7.48. The van der Waals surface area contributed by atoms with Crippen molar-refractivity contribution in [3.63, 3.8) is 0 Å². The monoisotopic (exact) mass is 426 g/mol. The largest absolute Gasteiger partial charge is 0.436 e. The number of nitrogens with one attached hydrogen (secondary N) is 1. The lowest BCUT2D eigenvalue weighted by Gasteiger charge is -2.10. The summed E-state index contributed by atoms with van der Waals surface area (Å²) < 4.78 is 44.8. The first kappa shape index (κ1) is 20.4. The highest BCUT2D eigenvalue weighted by atomic mass is 19.4. The van der Waals surface area contributed by atoms with Crippen molar-refractivity contribution in [2.75, 3.05) is 11.1 Å². The molecule has 1 aromatic carbocycles. The second kappa shape index (κ2) is 7.75. The maximum atomic E-state index is 13.0. The highest BCUT2D eigenvalue weighted by Gasteiger charge is 2.30. The molecule has 3 heterocycles. The number of rotatable bonds is 5. The molecule has 0 fully saturated rings. The second-order valence-corrected chi connectivity index (χ2v) is 6.79. The number of fused-ring (bicyclic) bond motifs is 1. The van der Waals surface area contributed by atoms with Crippen LogP contribution in [0, 0.1) is 0 Å². The molecule has 0 spiro atoms. The summed E-state index contributed by atoms with van der Waals surface area (Å²) >= 11 is 0. The molecule has 31 heavy (non-hydrogen) atoms. The lowest BCUT2D eigenvalue weighted by Crippen LogP contribution is -2.05. The van der Waals surface area contributed by atoms with Crippen LogP contribution in [0.15, 0.2) is 59.3 Å². The molecule has 0 aliphatic heterocycles. The number of alkyl halides is 3. The number of anilines is 3. The van der Waals surface area contributed by atoms with E-state index in [1.54, 1.807) is 25.1 Å². The molecule has 0 saturated heterocycles. The first-order valence-corrected chi connectivity index (χ1v) is 9.39. The summed E-state index contributed by atoms with van der Waals surface area (Å²) in [4.78, 5) is 20.4. The van der Waals surface area contributed by atoms with E-state index in [0.29, 0.717) is 40.0 Å². The zero-order valence-corrected chi connectivity index (χ0v) is 16.3. The molecule has 0 aliphatic carbocycles. The van der Waals surface area contributed by atoms with Crippen LogP contribution in [0.25, 0.3) is 22.2 Å². The van der Waals surface area contributed by atoms with Gasteiger partial charge in [-0.2, -0.15) is 13.2 Å². The molecular weight excluding hydrogens is 409 g/mol. The molecule has 0 unspecified atom stereocenters. The molecule has 0 atom stereocenters. The molecule has 9 heteroatoms. The van der Waals surface area contributed by atoms with Crippen LogP contribution in [0.5, 0.6) is 0 Å². The average molecular weight is 426 g/mol. The number of benzene rings is 1.